The maximum Gasteiger partial charge on any atom is 0.162 e. The number of nitriles is 1. The van der Waals surface area contributed by atoms with E-state index in [-0.39, 0.29) is 6.61 Å². The highest BCUT2D eigenvalue weighted by atomic mass is 32.2. The number of nitrogens with zero attached hydrogens (tertiary/aromatic N) is 2. The van der Waals surface area contributed by atoms with Crippen LogP contribution in [0.3, 0.4) is 0 Å². The van der Waals surface area contributed by atoms with Gasteiger partial charge in [-0.15, -0.1) is 0 Å². The normalized spacial score (nSPS) is 29.4. The largest absolute Gasteiger partial charge is 0.388 e. The number of benzene rings is 1. The average Bonchev–Trinajstić information content (AvgIpc) is 2.88. The van der Waals surface area contributed by atoms with Crippen molar-refractivity contribution < 1.29 is 20.1 Å². The quantitative estimate of drug-likeness (QED) is 0.561. The Morgan fingerprint density at radius 3 is 2.81 bits per heavy atom. The number of hydrogen-bond acceptors (Lipinski definition) is 6. The molecule has 3 N–H and O–H groups in total. The van der Waals surface area contributed by atoms with Crippen LogP contribution in [-0.2, 0) is 4.74 Å². The fourth-order valence-electron chi connectivity index (χ4n) is 2.52. The van der Waals surface area contributed by atoms with E-state index >= 15 is 0 Å². The van der Waals surface area contributed by atoms with E-state index in [4.69, 9.17) is 10.00 Å². The highest BCUT2D eigenvalue weighted by Crippen LogP contribution is 2.30. The summed E-state index contributed by atoms with van der Waals surface area (Å²) in [5.74, 6) is 0. The van der Waals surface area contributed by atoms with E-state index in [1.165, 1.54) is 0 Å². The van der Waals surface area contributed by atoms with Crippen molar-refractivity contribution in [1.82, 2.24) is 4.57 Å². The molecule has 1 fully saturated rings. The first-order valence-electron chi connectivity index (χ1n) is 6.44. The number of aromatic nitrogens is 1. The molecule has 1 aliphatic rings. The number of hydrogen-bond donors (Lipinski definition) is 3. The molecule has 7 heteroatoms. The molecule has 1 aliphatic heterocycles. The maximum atomic E-state index is 10.1. The zero-order valence-corrected chi connectivity index (χ0v) is 11.8. The van der Waals surface area contributed by atoms with Crippen molar-refractivity contribution in [3.8, 4) is 5.40 Å². The molecule has 21 heavy (non-hydrogen) atoms. The van der Waals surface area contributed by atoms with Gasteiger partial charge < -0.3 is 24.6 Å². The average molecular weight is 306 g/mol. The Labute approximate surface area is 125 Å². The predicted molar refractivity (Wildman–Crippen MR) is 76.4 cm³/mol. The lowest BCUT2D eigenvalue weighted by atomic mass is 10.0. The standard InChI is InChI=1S/C14H14N2O4S/c15-7-21-9-1-2-10-8(5-9)3-4-16(10)14-13(19)12(18)11(17)6-20-14/h1-5,11-14,17-19H,6H2/t11-,12-,13+,14+/m0/s1. The summed E-state index contributed by atoms with van der Waals surface area (Å²) in [6.45, 7) is -0.0368. The molecule has 4 atom stereocenters. The molecule has 0 aliphatic carbocycles. The topological polar surface area (TPSA) is 98.6 Å². The van der Waals surface area contributed by atoms with Crippen LogP contribution in [0.1, 0.15) is 6.23 Å². The summed E-state index contributed by atoms with van der Waals surface area (Å²) in [5, 5.41) is 41.0. The molecule has 1 aromatic heterocycles. The first kappa shape index (κ1) is 14.4. The number of aliphatic hydroxyl groups is 3. The number of rotatable bonds is 2. The van der Waals surface area contributed by atoms with Gasteiger partial charge in [-0.3, -0.25) is 0 Å². The van der Waals surface area contributed by atoms with E-state index in [1.54, 1.807) is 10.8 Å². The molecule has 0 radical (unpaired) electrons. The molecular formula is C14H14N2O4S. The number of fused-ring (bicyclic) bond motifs is 1. The number of thiocyanates is 1. The van der Waals surface area contributed by atoms with Gasteiger partial charge in [-0.1, -0.05) is 0 Å². The fraction of sp³-hybridized carbons (Fsp3) is 0.357. The van der Waals surface area contributed by atoms with Crippen molar-refractivity contribution in [1.29, 1.82) is 5.26 Å². The minimum absolute atomic E-state index is 0.0368. The van der Waals surface area contributed by atoms with Crippen molar-refractivity contribution in [2.75, 3.05) is 6.61 Å². The van der Waals surface area contributed by atoms with Gasteiger partial charge in [-0.2, -0.15) is 5.26 Å². The van der Waals surface area contributed by atoms with Gasteiger partial charge in [0.15, 0.2) is 6.23 Å². The predicted octanol–water partition coefficient (Wildman–Crippen LogP) is 0.826. The third-order valence-electron chi connectivity index (χ3n) is 3.60. The van der Waals surface area contributed by atoms with E-state index in [0.717, 1.165) is 27.6 Å². The molecular weight excluding hydrogens is 292 g/mol. The van der Waals surface area contributed by atoms with E-state index in [0.29, 0.717) is 0 Å². The molecule has 0 bridgehead atoms. The van der Waals surface area contributed by atoms with Crippen molar-refractivity contribution in [3.63, 3.8) is 0 Å². The van der Waals surface area contributed by atoms with Crippen LogP contribution in [0, 0.1) is 10.7 Å². The molecule has 1 aromatic carbocycles. The van der Waals surface area contributed by atoms with Gasteiger partial charge in [0.05, 0.1) is 12.1 Å². The number of thioether (sulfide) groups is 1. The van der Waals surface area contributed by atoms with E-state index in [1.807, 2.05) is 29.7 Å². The van der Waals surface area contributed by atoms with Gasteiger partial charge in [0.25, 0.3) is 0 Å². The molecule has 0 spiro atoms. The third-order valence-corrected chi connectivity index (χ3v) is 4.18. The van der Waals surface area contributed by atoms with Gasteiger partial charge in [0.2, 0.25) is 0 Å². The van der Waals surface area contributed by atoms with Gasteiger partial charge in [-0.25, -0.2) is 0 Å². The summed E-state index contributed by atoms with van der Waals surface area (Å²) in [6.07, 6.45) is -2.54. The first-order valence-corrected chi connectivity index (χ1v) is 7.26. The summed E-state index contributed by atoms with van der Waals surface area (Å²) in [7, 11) is 0. The number of ether oxygens (including phenoxy) is 1. The van der Waals surface area contributed by atoms with E-state index < -0.39 is 24.5 Å². The Morgan fingerprint density at radius 2 is 2.05 bits per heavy atom. The van der Waals surface area contributed by atoms with Crippen LogP contribution in [0.5, 0.6) is 0 Å². The molecule has 0 saturated carbocycles. The van der Waals surface area contributed by atoms with Gasteiger partial charge in [-0.05, 0) is 36.0 Å². The van der Waals surface area contributed by atoms with Crippen LogP contribution in [0.2, 0.25) is 0 Å². The van der Waals surface area contributed by atoms with Crippen molar-refractivity contribution in [2.24, 2.45) is 0 Å². The van der Waals surface area contributed by atoms with Crippen LogP contribution >= 0.6 is 11.8 Å². The minimum Gasteiger partial charge on any atom is -0.388 e. The minimum atomic E-state index is -1.24. The monoisotopic (exact) mass is 306 g/mol. The summed E-state index contributed by atoms with van der Waals surface area (Å²) in [4.78, 5) is 0.836. The lowest BCUT2D eigenvalue weighted by Crippen LogP contribution is -2.50. The second kappa shape index (κ2) is 5.67. The molecule has 0 amide bonds. The maximum absolute atomic E-state index is 10.1. The first-order chi connectivity index (χ1) is 10.1. The molecule has 2 aromatic rings. The summed E-state index contributed by atoms with van der Waals surface area (Å²) in [6, 6.07) is 7.38. The molecule has 0 unspecified atom stereocenters. The third kappa shape index (κ3) is 2.52. The molecule has 6 nitrogen and oxygen atoms in total. The summed E-state index contributed by atoms with van der Waals surface area (Å²) in [5.41, 5.74) is 0.824. The SMILES string of the molecule is N#CSc1ccc2c(ccn2[C@@H]2OC[C@H](O)[C@H](O)[C@H]2O)c1. The lowest BCUT2D eigenvalue weighted by molar-refractivity contribution is -0.209. The number of aliphatic hydroxyl groups excluding tert-OH is 3. The summed E-state index contributed by atoms with van der Waals surface area (Å²) >= 11 is 1.08. The fourth-order valence-corrected chi connectivity index (χ4v) is 2.94. The van der Waals surface area contributed by atoms with Crippen LogP contribution in [0.4, 0.5) is 0 Å². The zero-order valence-electron chi connectivity index (χ0n) is 11.0. The molecule has 110 valence electrons. The van der Waals surface area contributed by atoms with Crippen LogP contribution in [0.25, 0.3) is 10.9 Å². The molecule has 2 heterocycles. The van der Waals surface area contributed by atoms with Crippen LogP contribution < -0.4 is 0 Å². The zero-order chi connectivity index (χ0) is 15.0. The lowest BCUT2D eigenvalue weighted by Gasteiger charge is -2.36. The van der Waals surface area contributed by atoms with Gasteiger partial charge in [0.1, 0.15) is 23.7 Å². The van der Waals surface area contributed by atoms with E-state index in [2.05, 4.69) is 0 Å². The summed E-state index contributed by atoms with van der Waals surface area (Å²) < 4.78 is 7.17. The Bertz CT molecular complexity index is 696. The van der Waals surface area contributed by atoms with Crippen molar-refractivity contribution in [3.05, 3.63) is 30.5 Å². The smallest absolute Gasteiger partial charge is 0.162 e. The highest BCUT2D eigenvalue weighted by molar-refractivity contribution is 8.03. The van der Waals surface area contributed by atoms with Gasteiger partial charge in [0, 0.05) is 16.5 Å². The molecule has 3 rings (SSSR count). The Hall–Kier alpha value is -1.56. The highest BCUT2D eigenvalue weighted by Gasteiger charge is 2.38. The Kier molecular flexibility index (Phi) is 3.89. The second-order valence-corrected chi connectivity index (χ2v) is 5.77. The van der Waals surface area contributed by atoms with Crippen LogP contribution in [-0.4, -0.2) is 44.8 Å². The van der Waals surface area contributed by atoms with Crippen molar-refractivity contribution in [2.45, 2.75) is 29.4 Å². The Balaban J connectivity index is 1.96. The van der Waals surface area contributed by atoms with E-state index in [9.17, 15) is 15.3 Å². The Morgan fingerprint density at radius 1 is 1.24 bits per heavy atom. The van der Waals surface area contributed by atoms with Crippen molar-refractivity contribution >= 4 is 22.7 Å². The molecule has 1 saturated heterocycles. The van der Waals surface area contributed by atoms with Gasteiger partial charge >= 0.3 is 0 Å². The van der Waals surface area contributed by atoms with Crippen LogP contribution in [0.15, 0.2) is 35.4 Å². The second-order valence-electron chi connectivity index (χ2n) is 4.91.